The Kier molecular flexibility index (Phi) is 4.33. The van der Waals surface area contributed by atoms with E-state index in [0.717, 1.165) is 44.8 Å². The smallest absolute Gasteiger partial charge is 0.225 e. The van der Waals surface area contributed by atoms with Crippen LogP contribution in [0.5, 0.6) is 0 Å². The first-order chi connectivity index (χ1) is 9.83. The quantitative estimate of drug-likeness (QED) is 0.878. The molecule has 0 atom stereocenters. The van der Waals surface area contributed by atoms with Gasteiger partial charge in [0, 0.05) is 25.2 Å². The van der Waals surface area contributed by atoms with Gasteiger partial charge in [-0.15, -0.1) is 0 Å². The first-order valence-corrected chi connectivity index (χ1v) is 7.66. The van der Waals surface area contributed by atoms with Gasteiger partial charge in [-0.05, 0) is 56.1 Å². The molecule has 1 saturated heterocycles. The zero-order valence-corrected chi connectivity index (χ0v) is 12.0. The molecule has 0 aliphatic carbocycles. The summed E-state index contributed by atoms with van der Waals surface area (Å²) in [6.07, 6.45) is 4.15. The molecule has 0 aromatic heterocycles. The molecule has 2 aliphatic rings. The van der Waals surface area contributed by atoms with Crippen LogP contribution in [0.4, 0.5) is 5.69 Å². The number of rotatable bonds is 4. The second-order valence-electron chi connectivity index (χ2n) is 5.72. The highest BCUT2D eigenvalue weighted by molar-refractivity contribution is 5.91. The van der Waals surface area contributed by atoms with Crippen molar-refractivity contribution in [2.24, 2.45) is 0 Å². The van der Waals surface area contributed by atoms with E-state index in [4.69, 9.17) is 0 Å². The van der Waals surface area contributed by atoms with Crippen LogP contribution in [0.1, 0.15) is 30.4 Å². The maximum absolute atomic E-state index is 12.1. The first-order valence-electron chi connectivity index (χ1n) is 7.66. The highest BCUT2D eigenvalue weighted by Crippen LogP contribution is 2.23. The fourth-order valence-corrected chi connectivity index (χ4v) is 3.13. The molecule has 4 nitrogen and oxygen atoms in total. The fraction of sp³-hybridized carbons (Fsp3) is 0.562. The minimum Gasteiger partial charge on any atom is -0.326 e. The molecule has 4 heteroatoms. The zero-order valence-electron chi connectivity index (χ0n) is 12.0. The standard InChI is InChI=1S/C16H23N3O/c20-16(7-11-19-9-1-2-10-19)18-15-5-3-4-13-12-17-8-6-14(13)15/h3-5,17H,1-2,6-12H2,(H,18,20). The lowest BCUT2D eigenvalue weighted by atomic mass is 9.99. The fourth-order valence-electron chi connectivity index (χ4n) is 3.13. The van der Waals surface area contributed by atoms with Crippen LogP contribution in [-0.2, 0) is 17.8 Å². The van der Waals surface area contributed by atoms with Gasteiger partial charge >= 0.3 is 0 Å². The van der Waals surface area contributed by atoms with Crippen LogP contribution in [0.3, 0.4) is 0 Å². The SMILES string of the molecule is O=C(CCN1CCCC1)Nc1cccc2c1CCNC2. The summed E-state index contributed by atoms with van der Waals surface area (Å²) in [7, 11) is 0. The van der Waals surface area contributed by atoms with Gasteiger partial charge in [-0.3, -0.25) is 4.79 Å². The highest BCUT2D eigenvalue weighted by atomic mass is 16.1. The van der Waals surface area contributed by atoms with Crippen LogP contribution in [0.2, 0.25) is 0 Å². The molecule has 1 aromatic rings. The van der Waals surface area contributed by atoms with Crippen molar-refractivity contribution >= 4 is 11.6 Å². The molecule has 2 aliphatic heterocycles. The number of likely N-dealkylation sites (tertiary alicyclic amines) is 1. The van der Waals surface area contributed by atoms with Crippen molar-refractivity contribution in [3.63, 3.8) is 0 Å². The molecule has 1 aromatic carbocycles. The minimum atomic E-state index is 0.142. The van der Waals surface area contributed by atoms with Gasteiger partial charge in [0.05, 0.1) is 0 Å². The highest BCUT2D eigenvalue weighted by Gasteiger charge is 2.16. The third-order valence-electron chi connectivity index (χ3n) is 4.27. The van der Waals surface area contributed by atoms with Crippen molar-refractivity contribution in [3.05, 3.63) is 29.3 Å². The number of nitrogens with zero attached hydrogens (tertiary/aromatic N) is 1. The molecule has 0 saturated carbocycles. The van der Waals surface area contributed by atoms with Crippen LogP contribution >= 0.6 is 0 Å². The van der Waals surface area contributed by atoms with Gasteiger partial charge in [0.15, 0.2) is 0 Å². The number of hydrogen-bond donors (Lipinski definition) is 2. The van der Waals surface area contributed by atoms with Gasteiger partial charge in [-0.25, -0.2) is 0 Å². The number of fused-ring (bicyclic) bond motifs is 1. The third-order valence-corrected chi connectivity index (χ3v) is 4.27. The molecule has 3 rings (SSSR count). The number of nitrogens with one attached hydrogen (secondary N) is 2. The van der Waals surface area contributed by atoms with Gasteiger partial charge in [-0.2, -0.15) is 0 Å². The second kappa shape index (κ2) is 6.37. The normalized spacial score (nSPS) is 18.8. The molecular formula is C16H23N3O. The van der Waals surface area contributed by atoms with Crippen LogP contribution in [0.15, 0.2) is 18.2 Å². The van der Waals surface area contributed by atoms with Crippen LogP contribution < -0.4 is 10.6 Å². The lowest BCUT2D eigenvalue weighted by Gasteiger charge is -2.21. The number of anilines is 1. The Morgan fingerprint density at radius 1 is 1.30 bits per heavy atom. The molecule has 0 unspecified atom stereocenters. The average Bonchev–Trinajstić information content (AvgIpc) is 2.99. The molecule has 2 N–H and O–H groups in total. The Morgan fingerprint density at radius 2 is 2.15 bits per heavy atom. The lowest BCUT2D eigenvalue weighted by molar-refractivity contribution is -0.116. The molecular weight excluding hydrogens is 250 g/mol. The van der Waals surface area contributed by atoms with Crippen LogP contribution in [0.25, 0.3) is 0 Å². The van der Waals surface area contributed by atoms with Crippen molar-refractivity contribution in [2.45, 2.75) is 32.2 Å². The van der Waals surface area contributed by atoms with Crippen LogP contribution in [0, 0.1) is 0 Å². The number of amides is 1. The summed E-state index contributed by atoms with van der Waals surface area (Å²) in [5.41, 5.74) is 3.63. The molecule has 2 heterocycles. The van der Waals surface area contributed by atoms with Gasteiger partial charge in [0.25, 0.3) is 0 Å². The van der Waals surface area contributed by atoms with E-state index < -0.39 is 0 Å². The van der Waals surface area contributed by atoms with Crippen LogP contribution in [-0.4, -0.2) is 37.0 Å². The lowest BCUT2D eigenvalue weighted by Crippen LogP contribution is -2.27. The molecule has 20 heavy (non-hydrogen) atoms. The molecule has 0 bridgehead atoms. The predicted octanol–water partition coefficient (Wildman–Crippen LogP) is 1.76. The van der Waals surface area contributed by atoms with Gasteiger partial charge in [-0.1, -0.05) is 12.1 Å². The van der Waals surface area contributed by atoms with Gasteiger partial charge in [0.2, 0.25) is 5.91 Å². The summed E-state index contributed by atoms with van der Waals surface area (Å²) < 4.78 is 0. The van der Waals surface area contributed by atoms with E-state index in [1.54, 1.807) is 0 Å². The maximum Gasteiger partial charge on any atom is 0.225 e. The summed E-state index contributed by atoms with van der Waals surface area (Å²) in [5, 5.41) is 6.46. The number of benzene rings is 1. The Bertz CT molecular complexity index is 481. The Labute approximate surface area is 120 Å². The maximum atomic E-state index is 12.1. The predicted molar refractivity (Wildman–Crippen MR) is 80.8 cm³/mol. The summed E-state index contributed by atoms with van der Waals surface area (Å²) >= 11 is 0. The summed E-state index contributed by atoms with van der Waals surface area (Å²) in [6, 6.07) is 6.20. The monoisotopic (exact) mass is 273 g/mol. The Balaban J connectivity index is 1.58. The summed E-state index contributed by atoms with van der Waals surface area (Å²) in [4.78, 5) is 14.5. The Hall–Kier alpha value is -1.39. The molecule has 0 radical (unpaired) electrons. The molecule has 1 fully saturated rings. The van der Waals surface area contributed by atoms with E-state index >= 15 is 0 Å². The topological polar surface area (TPSA) is 44.4 Å². The van der Waals surface area contributed by atoms with E-state index in [0.29, 0.717) is 6.42 Å². The second-order valence-corrected chi connectivity index (χ2v) is 5.72. The third kappa shape index (κ3) is 3.19. The average molecular weight is 273 g/mol. The molecule has 108 valence electrons. The van der Waals surface area contributed by atoms with Crippen molar-refractivity contribution in [3.8, 4) is 0 Å². The number of carbonyl (C=O) groups is 1. The number of hydrogen-bond acceptors (Lipinski definition) is 3. The summed E-state index contributed by atoms with van der Waals surface area (Å²) in [6.45, 7) is 5.10. The van der Waals surface area contributed by atoms with E-state index in [1.807, 2.05) is 12.1 Å². The van der Waals surface area contributed by atoms with Gasteiger partial charge < -0.3 is 15.5 Å². The van der Waals surface area contributed by atoms with Crippen molar-refractivity contribution < 1.29 is 4.79 Å². The first kappa shape index (κ1) is 13.6. The molecule has 0 spiro atoms. The van der Waals surface area contributed by atoms with E-state index in [1.165, 1.54) is 24.0 Å². The van der Waals surface area contributed by atoms with Gasteiger partial charge in [0.1, 0.15) is 0 Å². The van der Waals surface area contributed by atoms with Crippen molar-refractivity contribution in [1.29, 1.82) is 0 Å². The van der Waals surface area contributed by atoms with E-state index in [-0.39, 0.29) is 5.91 Å². The largest absolute Gasteiger partial charge is 0.326 e. The minimum absolute atomic E-state index is 0.142. The van der Waals surface area contributed by atoms with E-state index in [2.05, 4.69) is 21.6 Å². The van der Waals surface area contributed by atoms with E-state index in [9.17, 15) is 4.79 Å². The van der Waals surface area contributed by atoms with Crippen molar-refractivity contribution in [2.75, 3.05) is 31.5 Å². The zero-order chi connectivity index (χ0) is 13.8. The summed E-state index contributed by atoms with van der Waals surface area (Å²) in [5.74, 6) is 0.142. The number of carbonyl (C=O) groups excluding carboxylic acids is 1. The van der Waals surface area contributed by atoms with Crippen molar-refractivity contribution in [1.82, 2.24) is 10.2 Å². The Morgan fingerprint density at radius 3 is 3.00 bits per heavy atom. The molecule has 1 amide bonds.